The number of carbonyl (C=O) groups excluding carboxylic acids is 1. The van der Waals surface area contributed by atoms with E-state index >= 15 is 0 Å². The normalized spacial score (nSPS) is 14.4. The summed E-state index contributed by atoms with van der Waals surface area (Å²) in [6, 6.07) is 12.6. The number of aromatic nitrogens is 3. The van der Waals surface area contributed by atoms with Gasteiger partial charge in [0.25, 0.3) is 0 Å². The fourth-order valence-electron chi connectivity index (χ4n) is 4.50. The van der Waals surface area contributed by atoms with Gasteiger partial charge < -0.3 is 15.3 Å². The van der Waals surface area contributed by atoms with Crippen molar-refractivity contribution in [3.8, 4) is 0 Å². The van der Waals surface area contributed by atoms with Gasteiger partial charge in [-0.3, -0.25) is 9.78 Å². The second kappa shape index (κ2) is 14.8. The molecule has 1 unspecified atom stereocenters. The third-order valence-corrected chi connectivity index (χ3v) is 8.32. The zero-order valence-corrected chi connectivity index (χ0v) is 24.6. The van der Waals surface area contributed by atoms with E-state index in [1.807, 2.05) is 4.90 Å². The predicted octanol–water partition coefficient (Wildman–Crippen LogP) is 4.47. The first-order valence-electron chi connectivity index (χ1n) is 13.8. The van der Waals surface area contributed by atoms with Crippen molar-refractivity contribution in [2.45, 2.75) is 37.4 Å². The quantitative estimate of drug-likeness (QED) is 0.260. The van der Waals surface area contributed by atoms with Gasteiger partial charge >= 0.3 is 12.1 Å². The zero-order chi connectivity index (χ0) is 31.7. The van der Waals surface area contributed by atoms with Gasteiger partial charge in [0, 0.05) is 38.9 Å². The van der Waals surface area contributed by atoms with Crippen LogP contribution in [0.4, 0.5) is 19.0 Å². The molecule has 10 nitrogen and oxygen atoms in total. The molecular formula is C30H31F3N6O4S. The van der Waals surface area contributed by atoms with Crippen LogP contribution in [0.1, 0.15) is 40.4 Å². The standard InChI is InChI=1S/C19H16F3N5O3S.C11H15NO/c20-19(21,22)12-1-3-13(4-2-12)31(30)27-7-5-26(6-8-27)16-11-24-15-10-23-9-14(18(28)29)17(15)25-16;1-2-3-10-4-6-11(7-5-10)8-12-9-13/h1-4,9-11H,5-8H2,(H,28,29);4-7,9H,2-3,8H2,1H3,(H,12,13). The molecule has 1 saturated heterocycles. The molecule has 1 fully saturated rings. The maximum atomic E-state index is 12.7. The summed E-state index contributed by atoms with van der Waals surface area (Å²) in [6.45, 7) is 4.45. The Balaban J connectivity index is 0.000000285. The Bertz CT molecular complexity index is 1600. The van der Waals surface area contributed by atoms with Crippen molar-refractivity contribution in [3.63, 3.8) is 0 Å². The molecule has 2 N–H and O–H groups in total. The lowest BCUT2D eigenvalue weighted by atomic mass is 10.1. The number of aromatic carboxylic acids is 1. The number of piperazine rings is 1. The molecule has 0 radical (unpaired) electrons. The van der Waals surface area contributed by atoms with Crippen LogP contribution >= 0.6 is 0 Å². The molecule has 0 saturated carbocycles. The average molecular weight is 629 g/mol. The molecular weight excluding hydrogens is 597 g/mol. The zero-order valence-electron chi connectivity index (χ0n) is 23.8. The summed E-state index contributed by atoms with van der Waals surface area (Å²) >= 11 is 0. The van der Waals surface area contributed by atoms with Gasteiger partial charge in [-0.1, -0.05) is 37.6 Å². The molecule has 2 aromatic carbocycles. The van der Waals surface area contributed by atoms with E-state index in [-0.39, 0.29) is 11.1 Å². The maximum absolute atomic E-state index is 12.7. The number of carboxylic acid groups (broad SMARTS) is 1. The number of amides is 1. The smallest absolute Gasteiger partial charge is 0.416 e. The molecule has 4 aromatic rings. The number of fused-ring (bicyclic) bond motifs is 1. The molecule has 44 heavy (non-hydrogen) atoms. The second-order valence-corrected chi connectivity index (χ2v) is 11.3. The Morgan fingerprint density at radius 1 is 1.00 bits per heavy atom. The first-order chi connectivity index (χ1) is 21.1. The van der Waals surface area contributed by atoms with E-state index in [4.69, 9.17) is 0 Å². The van der Waals surface area contributed by atoms with E-state index in [2.05, 4.69) is 51.5 Å². The van der Waals surface area contributed by atoms with Gasteiger partial charge in [0.1, 0.15) is 33.4 Å². The molecule has 232 valence electrons. The molecule has 2 aromatic heterocycles. The summed E-state index contributed by atoms with van der Waals surface area (Å²) < 4.78 is 52.5. The fourth-order valence-corrected chi connectivity index (χ4v) is 5.66. The third kappa shape index (κ3) is 8.35. The molecule has 14 heteroatoms. The SMILES string of the molecule is CCCc1ccc(CNC=O)cc1.O=C(O)c1cncc2ncc(N3CCN(S(=O)c4ccc(C(F)(F)F)cc4)CC3)nc12. The number of carboxylic acids is 1. The number of benzene rings is 2. The number of aryl methyl sites for hydroxylation is 1. The highest BCUT2D eigenvalue weighted by Crippen LogP contribution is 2.30. The van der Waals surface area contributed by atoms with Crippen molar-refractivity contribution in [2.24, 2.45) is 0 Å². The van der Waals surface area contributed by atoms with Crippen molar-refractivity contribution < 1.29 is 32.1 Å². The number of rotatable bonds is 9. The minimum absolute atomic E-state index is 0.0473. The lowest BCUT2D eigenvalue weighted by molar-refractivity contribution is -0.137. The monoisotopic (exact) mass is 628 g/mol. The van der Waals surface area contributed by atoms with Gasteiger partial charge in [-0.25, -0.2) is 23.3 Å². The minimum Gasteiger partial charge on any atom is -0.478 e. The minimum atomic E-state index is -4.44. The molecule has 0 aliphatic carbocycles. The first-order valence-corrected chi connectivity index (χ1v) is 14.9. The summed E-state index contributed by atoms with van der Waals surface area (Å²) in [4.78, 5) is 36.1. The van der Waals surface area contributed by atoms with Crippen LogP contribution in [0.2, 0.25) is 0 Å². The molecule has 1 aliphatic heterocycles. The lowest BCUT2D eigenvalue weighted by Crippen LogP contribution is -2.47. The van der Waals surface area contributed by atoms with Gasteiger partial charge in [0.05, 0.1) is 22.9 Å². The van der Waals surface area contributed by atoms with Crippen molar-refractivity contribution in [2.75, 3.05) is 31.1 Å². The Morgan fingerprint density at radius 2 is 1.66 bits per heavy atom. The first kappa shape index (κ1) is 32.5. The number of carbonyl (C=O) groups is 2. The molecule has 5 rings (SSSR count). The van der Waals surface area contributed by atoms with Gasteiger partial charge in [0.2, 0.25) is 6.41 Å². The van der Waals surface area contributed by atoms with Crippen LogP contribution in [-0.2, 0) is 34.9 Å². The Hall–Kier alpha value is -4.43. The molecule has 0 bridgehead atoms. The van der Waals surface area contributed by atoms with Crippen molar-refractivity contribution in [3.05, 3.63) is 89.4 Å². The summed E-state index contributed by atoms with van der Waals surface area (Å²) in [5.41, 5.74) is 2.27. The molecule has 1 atom stereocenters. The topological polar surface area (TPSA) is 129 Å². The van der Waals surface area contributed by atoms with Crippen LogP contribution in [0.5, 0.6) is 0 Å². The highest BCUT2D eigenvalue weighted by molar-refractivity contribution is 7.82. The van der Waals surface area contributed by atoms with E-state index in [1.54, 1.807) is 4.31 Å². The van der Waals surface area contributed by atoms with Crippen LogP contribution < -0.4 is 10.2 Å². The molecule has 1 amide bonds. The average Bonchev–Trinajstić information content (AvgIpc) is 3.03. The van der Waals surface area contributed by atoms with E-state index in [0.717, 1.165) is 30.5 Å². The van der Waals surface area contributed by atoms with Crippen LogP contribution in [0.15, 0.2) is 72.0 Å². The van der Waals surface area contributed by atoms with Gasteiger partial charge in [0.15, 0.2) is 0 Å². The number of alkyl halides is 3. The number of pyridine rings is 1. The molecule has 1 aliphatic rings. The summed E-state index contributed by atoms with van der Waals surface area (Å²) in [6.07, 6.45) is 2.76. The summed E-state index contributed by atoms with van der Waals surface area (Å²) in [7, 11) is -1.59. The second-order valence-electron chi connectivity index (χ2n) is 9.84. The van der Waals surface area contributed by atoms with E-state index in [1.165, 1.54) is 42.7 Å². The van der Waals surface area contributed by atoms with Gasteiger partial charge in [-0.2, -0.15) is 13.2 Å². The molecule has 3 heterocycles. The summed E-state index contributed by atoms with van der Waals surface area (Å²) in [5.74, 6) is -0.664. The van der Waals surface area contributed by atoms with Crippen LogP contribution in [0, 0.1) is 0 Å². The van der Waals surface area contributed by atoms with Crippen LogP contribution in [0.25, 0.3) is 11.0 Å². The highest BCUT2D eigenvalue weighted by atomic mass is 32.2. The Morgan fingerprint density at radius 3 is 2.25 bits per heavy atom. The number of nitrogens with zero attached hydrogens (tertiary/aromatic N) is 5. The van der Waals surface area contributed by atoms with Crippen molar-refractivity contribution in [1.29, 1.82) is 0 Å². The maximum Gasteiger partial charge on any atom is 0.416 e. The Kier molecular flexibility index (Phi) is 11.0. The van der Waals surface area contributed by atoms with E-state index in [9.17, 15) is 32.1 Å². The van der Waals surface area contributed by atoms with Crippen LogP contribution in [0.3, 0.4) is 0 Å². The van der Waals surface area contributed by atoms with Crippen molar-refractivity contribution >= 4 is 40.2 Å². The fraction of sp³-hybridized carbons (Fsp3) is 0.300. The molecule has 0 spiro atoms. The predicted molar refractivity (Wildman–Crippen MR) is 159 cm³/mol. The Labute approximate surface area is 254 Å². The number of hydrogen-bond donors (Lipinski definition) is 2. The number of anilines is 1. The van der Waals surface area contributed by atoms with E-state index < -0.39 is 28.7 Å². The van der Waals surface area contributed by atoms with Crippen LogP contribution in [-0.4, -0.2) is 67.1 Å². The van der Waals surface area contributed by atoms with Gasteiger partial charge in [-0.05, 0) is 41.8 Å². The number of hydrogen-bond acceptors (Lipinski definition) is 7. The summed E-state index contributed by atoms with van der Waals surface area (Å²) in [5, 5.41) is 12.0. The number of nitrogens with one attached hydrogen (secondary N) is 1. The largest absolute Gasteiger partial charge is 0.478 e. The highest BCUT2D eigenvalue weighted by Gasteiger charge is 2.31. The number of halogens is 3. The third-order valence-electron chi connectivity index (χ3n) is 6.81. The lowest BCUT2D eigenvalue weighted by Gasteiger charge is -2.34. The van der Waals surface area contributed by atoms with Gasteiger partial charge in [-0.15, -0.1) is 0 Å². The van der Waals surface area contributed by atoms with Crippen molar-refractivity contribution in [1.82, 2.24) is 24.6 Å². The van der Waals surface area contributed by atoms with E-state index in [0.29, 0.717) is 49.0 Å².